The standard InChI is InChI=1S/C23H22N2O2/c1-16(17-9-5-4-6-10-17)25-20-12-8-7-11-19(20)24-23(25)18-13-14-21(26-2)22(15-18)27-3/h4-16H,1-3H3/t16-/m1/s1. The predicted molar refractivity (Wildman–Crippen MR) is 109 cm³/mol. The Morgan fingerprint density at radius 1 is 0.815 bits per heavy atom. The SMILES string of the molecule is COc1ccc(-c2nc3ccccc3n2[C@H](C)c2ccccc2)cc1OC. The highest BCUT2D eigenvalue weighted by molar-refractivity contribution is 5.81. The summed E-state index contributed by atoms with van der Waals surface area (Å²) < 4.78 is 13.2. The van der Waals surface area contributed by atoms with E-state index in [9.17, 15) is 0 Å². The van der Waals surface area contributed by atoms with Crippen molar-refractivity contribution in [1.82, 2.24) is 9.55 Å². The summed E-state index contributed by atoms with van der Waals surface area (Å²) in [6, 6.07) is 24.8. The summed E-state index contributed by atoms with van der Waals surface area (Å²) in [5.41, 5.74) is 4.32. The molecule has 1 atom stereocenters. The number of hydrogen-bond acceptors (Lipinski definition) is 3. The van der Waals surface area contributed by atoms with Crippen LogP contribution in [0.25, 0.3) is 22.4 Å². The van der Waals surface area contributed by atoms with E-state index in [-0.39, 0.29) is 6.04 Å². The predicted octanol–water partition coefficient (Wildman–Crippen LogP) is 5.33. The van der Waals surface area contributed by atoms with Crippen molar-refractivity contribution in [2.45, 2.75) is 13.0 Å². The maximum Gasteiger partial charge on any atom is 0.161 e. The van der Waals surface area contributed by atoms with Crippen molar-refractivity contribution in [1.29, 1.82) is 0 Å². The van der Waals surface area contributed by atoms with Crippen LogP contribution in [0, 0.1) is 0 Å². The van der Waals surface area contributed by atoms with Gasteiger partial charge in [0.05, 0.1) is 31.3 Å². The van der Waals surface area contributed by atoms with Crippen molar-refractivity contribution < 1.29 is 9.47 Å². The summed E-state index contributed by atoms with van der Waals surface area (Å²) in [6.45, 7) is 2.20. The molecule has 4 rings (SSSR count). The van der Waals surface area contributed by atoms with Gasteiger partial charge in [0.1, 0.15) is 5.82 Å². The largest absolute Gasteiger partial charge is 0.493 e. The van der Waals surface area contributed by atoms with Gasteiger partial charge in [-0.15, -0.1) is 0 Å². The first-order chi connectivity index (χ1) is 13.2. The van der Waals surface area contributed by atoms with Crippen LogP contribution >= 0.6 is 0 Å². The van der Waals surface area contributed by atoms with Crippen molar-refractivity contribution in [3.05, 3.63) is 78.4 Å². The molecule has 0 spiro atoms. The molecule has 0 bridgehead atoms. The second kappa shape index (κ2) is 7.16. The third-order valence-corrected chi connectivity index (χ3v) is 4.91. The average Bonchev–Trinajstić information content (AvgIpc) is 3.12. The zero-order valence-corrected chi connectivity index (χ0v) is 15.7. The number of fused-ring (bicyclic) bond motifs is 1. The number of nitrogens with zero attached hydrogens (tertiary/aromatic N) is 2. The minimum Gasteiger partial charge on any atom is -0.493 e. The van der Waals surface area contributed by atoms with Crippen LogP contribution in [0.2, 0.25) is 0 Å². The fourth-order valence-corrected chi connectivity index (χ4v) is 3.50. The summed E-state index contributed by atoms with van der Waals surface area (Å²) in [5.74, 6) is 2.31. The highest BCUT2D eigenvalue weighted by atomic mass is 16.5. The molecule has 136 valence electrons. The Kier molecular flexibility index (Phi) is 4.55. The Balaban J connectivity index is 1.93. The minimum atomic E-state index is 0.140. The monoisotopic (exact) mass is 358 g/mol. The topological polar surface area (TPSA) is 36.3 Å². The van der Waals surface area contributed by atoms with E-state index in [1.807, 2.05) is 36.4 Å². The maximum absolute atomic E-state index is 5.50. The van der Waals surface area contributed by atoms with E-state index in [4.69, 9.17) is 14.5 Å². The van der Waals surface area contributed by atoms with Crippen molar-refractivity contribution >= 4 is 11.0 Å². The smallest absolute Gasteiger partial charge is 0.161 e. The lowest BCUT2D eigenvalue weighted by atomic mass is 10.1. The molecular formula is C23H22N2O2. The van der Waals surface area contributed by atoms with Gasteiger partial charge in [0.2, 0.25) is 0 Å². The van der Waals surface area contributed by atoms with Crippen LogP contribution in [0.3, 0.4) is 0 Å². The second-order valence-corrected chi connectivity index (χ2v) is 6.45. The number of hydrogen-bond donors (Lipinski definition) is 0. The molecule has 0 saturated carbocycles. The van der Waals surface area contributed by atoms with Crippen LogP contribution in [0.5, 0.6) is 11.5 Å². The lowest BCUT2D eigenvalue weighted by molar-refractivity contribution is 0.355. The summed E-state index contributed by atoms with van der Waals surface area (Å²) >= 11 is 0. The van der Waals surface area contributed by atoms with Gasteiger partial charge in [-0.2, -0.15) is 0 Å². The van der Waals surface area contributed by atoms with Gasteiger partial charge in [-0.25, -0.2) is 4.98 Å². The molecule has 3 aromatic carbocycles. The van der Waals surface area contributed by atoms with Crippen LogP contribution in [0.1, 0.15) is 18.5 Å². The highest BCUT2D eigenvalue weighted by Crippen LogP contribution is 2.35. The van der Waals surface area contributed by atoms with Gasteiger partial charge < -0.3 is 14.0 Å². The first kappa shape index (κ1) is 17.2. The fourth-order valence-electron chi connectivity index (χ4n) is 3.50. The van der Waals surface area contributed by atoms with Crippen LogP contribution in [-0.4, -0.2) is 23.8 Å². The molecular weight excluding hydrogens is 336 g/mol. The van der Waals surface area contributed by atoms with E-state index in [2.05, 4.69) is 47.9 Å². The Hall–Kier alpha value is -3.27. The minimum absolute atomic E-state index is 0.140. The number of para-hydroxylation sites is 2. The van der Waals surface area contributed by atoms with E-state index in [0.29, 0.717) is 11.5 Å². The summed E-state index contributed by atoms with van der Waals surface area (Å²) in [5, 5.41) is 0. The molecule has 0 amide bonds. The van der Waals surface area contributed by atoms with Gasteiger partial charge in [0.25, 0.3) is 0 Å². The highest BCUT2D eigenvalue weighted by Gasteiger charge is 2.19. The lowest BCUT2D eigenvalue weighted by Crippen LogP contribution is -2.08. The molecule has 1 heterocycles. The average molecular weight is 358 g/mol. The van der Waals surface area contributed by atoms with E-state index in [0.717, 1.165) is 22.4 Å². The number of benzene rings is 3. The quantitative estimate of drug-likeness (QED) is 0.484. The van der Waals surface area contributed by atoms with Gasteiger partial charge in [-0.05, 0) is 42.8 Å². The molecule has 0 fully saturated rings. The summed E-state index contributed by atoms with van der Waals surface area (Å²) in [4.78, 5) is 4.93. The molecule has 0 unspecified atom stereocenters. The van der Waals surface area contributed by atoms with Crippen LogP contribution < -0.4 is 9.47 Å². The fraction of sp³-hybridized carbons (Fsp3) is 0.174. The number of imidazole rings is 1. The third kappa shape index (κ3) is 3.04. The first-order valence-corrected chi connectivity index (χ1v) is 8.97. The van der Waals surface area contributed by atoms with E-state index in [1.165, 1.54) is 5.56 Å². The molecule has 0 aliphatic rings. The van der Waals surface area contributed by atoms with Gasteiger partial charge in [0.15, 0.2) is 11.5 Å². The Labute approximate surface area is 159 Å². The second-order valence-electron chi connectivity index (χ2n) is 6.45. The van der Waals surface area contributed by atoms with Crippen molar-refractivity contribution in [2.24, 2.45) is 0 Å². The normalized spacial score (nSPS) is 12.1. The number of methoxy groups -OCH3 is 2. The number of rotatable bonds is 5. The lowest BCUT2D eigenvalue weighted by Gasteiger charge is -2.19. The van der Waals surface area contributed by atoms with Crippen molar-refractivity contribution in [3.63, 3.8) is 0 Å². The zero-order valence-electron chi connectivity index (χ0n) is 15.7. The third-order valence-electron chi connectivity index (χ3n) is 4.91. The Morgan fingerprint density at radius 3 is 2.26 bits per heavy atom. The molecule has 0 N–H and O–H groups in total. The molecule has 4 heteroatoms. The van der Waals surface area contributed by atoms with Gasteiger partial charge in [0, 0.05) is 5.56 Å². The van der Waals surface area contributed by atoms with E-state index >= 15 is 0 Å². The van der Waals surface area contributed by atoms with Crippen LogP contribution in [0.4, 0.5) is 0 Å². The molecule has 27 heavy (non-hydrogen) atoms. The maximum atomic E-state index is 5.50. The first-order valence-electron chi connectivity index (χ1n) is 8.97. The Bertz CT molecular complexity index is 1070. The number of ether oxygens (including phenoxy) is 2. The molecule has 0 aliphatic carbocycles. The number of aromatic nitrogens is 2. The molecule has 0 radical (unpaired) electrons. The summed E-state index contributed by atoms with van der Waals surface area (Å²) in [6.07, 6.45) is 0. The molecule has 0 saturated heterocycles. The van der Waals surface area contributed by atoms with E-state index < -0.39 is 0 Å². The van der Waals surface area contributed by atoms with Gasteiger partial charge in [-0.1, -0.05) is 42.5 Å². The van der Waals surface area contributed by atoms with Gasteiger partial charge >= 0.3 is 0 Å². The van der Waals surface area contributed by atoms with Crippen molar-refractivity contribution in [2.75, 3.05) is 14.2 Å². The molecule has 1 aromatic heterocycles. The molecule has 0 aliphatic heterocycles. The Morgan fingerprint density at radius 2 is 1.52 bits per heavy atom. The molecule has 4 aromatic rings. The molecule has 4 nitrogen and oxygen atoms in total. The van der Waals surface area contributed by atoms with Crippen molar-refractivity contribution in [3.8, 4) is 22.9 Å². The van der Waals surface area contributed by atoms with Crippen LogP contribution in [0.15, 0.2) is 72.8 Å². The zero-order chi connectivity index (χ0) is 18.8. The van der Waals surface area contributed by atoms with Crippen LogP contribution in [-0.2, 0) is 0 Å². The van der Waals surface area contributed by atoms with Gasteiger partial charge in [-0.3, -0.25) is 0 Å². The summed E-state index contributed by atoms with van der Waals surface area (Å²) in [7, 11) is 3.29. The van der Waals surface area contributed by atoms with E-state index in [1.54, 1.807) is 14.2 Å².